The minimum Gasteiger partial charge on any atom is -0.392 e. The van der Waals surface area contributed by atoms with Gasteiger partial charge in [-0.2, -0.15) is 0 Å². The summed E-state index contributed by atoms with van der Waals surface area (Å²) in [5.74, 6) is 0. The fourth-order valence-electron chi connectivity index (χ4n) is 3.80. The number of amides is 2. The van der Waals surface area contributed by atoms with E-state index < -0.39 is 0 Å². The molecule has 1 aromatic rings. The number of aliphatic hydroxyl groups excluding tert-OH is 1. The van der Waals surface area contributed by atoms with Gasteiger partial charge in [-0.3, -0.25) is 0 Å². The van der Waals surface area contributed by atoms with E-state index in [4.69, 9.17) is 4.74 Å². The fraction of sp³-hybridized carbons (Fsp3) is 0.706. The molecule has 6 heteroatoms. The molecule has 0 radical (unpaired) electrons. The minimum atomic E-state index is -0.279. The third-order valence-corrected chi connectivity index (χ3v) is 6.30. The average molecular weight is 338 g/mol. The Bertz CT molecular complexity index is 550. The van der Waals surface area contributed by atoms with Gasteiger partial charge >= 0.3 is 6.03 Å². The van der Waals surface area contributed by atoms with Gasteiger partial charge in [0.15, 0.2) is 0 Å². The van der Waals surface area contributed by atoms with Gasteiger partial charge in [-0.25, -0.2) is 4.79 Å². The molecule has 1 saturated carbocycles. The van der Waals surface area contributed by atoms with Gasteiger partial charge < -0.3 is 20.1 Å². The number of nitrogens with one attached hydrogen (secondary N) is 1. The summed E-state index contributed by atoms with van der Waals surface area (Å²) in [6, 6.07) is 4.12. The molecule has 2 atom stereocenters. The summed E-state index contributed by atoms with van der Waals surface area (Å²) in [7, 11) is 0. The maximum Gasteiger partial charge on any atom is 0.317 e. The summed E-state index contributed by atoms with van der Waals surface area (Å²) in [5, 5.41) is 13.2. The van der Waals surface area contributed by atoms with Gasteiger partial charge in [0, 0.05) is 41.3 Å². The number of aryl methyl sites for hydroxylation is 1. The van der Waals surface area contributed by atoms with Crippen molar-refractivity contribution < 1.29 is 14.6 Å². The van der Waals surface area contributed by atoms with E-state index in [1.54, 1.807) is 11.3 Å². The Labute approximate surface area is 141 Å². The van der Waals surface area contributed by atoms with Crippen LogP contribution in [0.25, 0.3) is 0 Å². The molecular formula is C17H26N2O3S. The number of aliphatic hydroxyl groups is 1. The predicted octanol–water partition coefficient (Wildman–Crippen LogP) is 2.52. The van der Waals surface area contributed by atoms with Gasteiger partial charge in [-0.1, -0.05) is 0 Å². The Morgan fingerprint density at radius 1 is 1.48 bits per heavy atom. The van der Waals surface area contributed by atoms with E-state index in [1.807, 2.05) is 11.8 Å². The van der Waals surface area contributed by atoms with E-state index in [0.717, 1.165) is 19.3 Å². The molecule has 1 aliphatic carbocycles. The molecule has 0 bridgehead atoms. The lowest BCUT2D eigenvalue weighted by Gasteiger charge is -2.56. The van der Waals surface area contributed by atoms with Crippen molar-refractivity contribution in [3.63, 3.8) is 0 Å². The number of hydrogen-bond donors (Lipinski definition) is 2. The molecule has 128 valence electrons. The molecule has 2 heterocycles. The molecule has 1 aromatic heterocycles. The predicted molar refractivity (Wildman–Crippen MR) is 90.6 cm³/mol. The number of piperidine rings is 1. The van der Waals surface area contributed by atoms with E-state index in [-0.39, 0.29) is 23.7 Å². The van der Waals surface area contributed by atoms with Crippen molar-refractivity contribution in [1.82, 2.24) is 10.2 Å². The second-order valence-electron chi connectivity index (χ2n) is 6.59. The number of ether oxygens (including phenoxy) is 1. The summed E-state index contributed by atoms with van der Waals surface area (Å²) in [5.41, 5.74) is -0.127. The number of carbonyl (C=O) groups is 1. The van der Waals surface area contributed by atoms with Gasteiger partial charge in [0.1, 0.15) is 0 Å². The van der Waals surface area contributed by atoms with Crippen LogP contribution in [0.1, 0.15) is 35.9 Å². The number of likely N-dealkylation sites (tertiary alicyclic amines) is 1. The van der Waals surface area contributed by atoms with Gasteiger partial charge in [0.05, 0.1) is 18.8 Å². The first-order chi connectivity index (χ1) is 11.0. The maximum absolute atomic E-state index is 12.3. The van der Waals surface area contributed by atoms with Crippen molar-refractivity contribution in [2.24, 2.45) is 5.41 Å². The van der Waals surface area contributed by atoms with Crippen molar-refractivity contribution in [3.8, 4) is 0 Å². The lowest BCUT2D eigenvalue weighted by Crippen LogP contribution is -2.63. The van der Waals surface area contributed by atoms with Crippen LogP contribution in [0.4, 0.5) is 4.79 Å². The van der Waals surface area contributed by atoms with Crippen molar-refractivity contribution >= 4 is 17.4 Å². The molecule has 1 aliphatic heterocycles. The van der Waals surface area contributed by atoms with Gasteiger partial charge in [-0.15, -0.1) is 11.3 Å². The third-order valence-electron chi connectivity index (χ3n) is 5.30. The van der Waals surface area contributed by atoms with Crippen molar-refractivity contribution in [1.29, 1.82) is 0 Å². The molecule has 1 saturated heterocycles. The first-order valence-electron chi connectivity index (χ1n) is 8.43. The van der Waals surface area contributed by atoms with Gasteiger partial charge in [0.2, 0.25) is 0 Å². The van der Waals surface area contributed by atoms with Gasteiger partial charge in [0.25, 0.3) is 0 Å². The van der Waals surface area contributed by atoms with Crippen LogP contribution in [-0.2, 0) is 11.3 Å². The van der Waals surface area contributed by atoms with E-state index in [2.05, 4.69) is 24.4 Å². The second kappa shape index (κ2) is 6.79. The van der Waals surface area contributed by atoms with Crippen LogP contribution < -0.4 is 5.32 Å². The first-order valence-corrected chi connectivity index (χ1v) is 9.24. The van der Waals surface area contributed by atoms with Crippen molar-refractivity contribution in [2.75, 3.05) is 19.7 Å². The zero-order valence-electron chi connectivity index (χ0n) is 13.9. The lowest BCUT2D eigenvalue weighted by molar-refractivity contribution is -0.207. The number of nitrogens with zero attached hydrogens (tertiary/aromatic N) is 1. The Kier molecular flexibility index (Phi) is 4.94. The topological polar surface area (TPSA) is 61.8 Å². The molecule has 5 nitrogen and oxygen atoms in total. The Hall–Kier alpha value is -1.11. The second-order valence-corrected chi connectivity index (χ2v) is 7.96. The molecule has 0 aromatic carbocycles. The summed E-state index contributed by atoms with van der Waals surface area (Å²) < 4.78 is 5.77. The zero-order chi connectivity index (χ0) is 16.4. The smallest absolute Gasteiger partial charge is 0.317 e. The van der Waals surface area contributed by atoms with E-state index in [9.17, 15) is 9.90 Å². The SMILES string of the molecule is CCO[C@@H]1C[C@@H](O)C12CCN(C(=O)NCc1ccc(C)s1)CC2. The highest BCUT2D eigenvalue weighted by atomic mass is 32.1. The molecule has 0 unspecified atom stereocenters. The molecule has 3 rings (SSSR count). The molecule has 2 fully saturated rings. The first kappa shape index (κ1) is 16.7. The number of urea groups is 1. The zero-order valence-corrected chi connectivity index (χ0v) is 14.7. The quantitative estimate of drug-likeness (QED) is 0.887. The highest BCUT2D eigenvalue weighted by Gasteiger charge is 2.56. The summed E-state index contributed by atoms with van der Waals surface area (Å²) >= 11 is 1.71. The highest BCUT2D eigenvalue weighted by molar-refractivity contribution is 7.11. The van der Waals surface area contributed by atoms with Crippen LogP contribution in [0.15, 0.2) is 12.1 Å². The van der Waals surface area contributed by atoms with Crippen LogP contribution in [0, 0.1) is 12.3 Å². The van der Waals surface area contributed by atoms with Crippen molar-refractivity contribution in [3.05, 3.63) is 21.9 Å². The molecular weight excluding hydrogens is 312 g/mol. The largest absolute Gasteiger partial charge is 0.392 e. The summed E-state index contributed by atoms with van der Waals surface area (Å²) in [6.07, 6.45) is 2.26. The lowest BCUT2D eigenvalue weighted by atomic mass is 9.58. The standard InChI is InChI=1S/C17H26N2O3S/c1-3-22-15-10-14(20)17(15)6-8-19(9-7-17)16(21)18-11-13-5-4-12(2)23-13/h4-5,14-15,20H,3,6-11H2,1-2H3,(H,18,21)/t14-,15-/m1/s1. The number of thiophene rings is 1. The molecule has 2 amide bonds. The van der Waals surface area contributed by atoms with Crippen LogP contribution in [0.3, 0.4) is 0 Å². The number of rotatable bonds is 4. The van der Waals surface area contributed by atoms with Crippen LogP contribution in [0.2, 0.25) is 0 Å². The Morgan fingerprint density at radius 3 is 2.78 bits per heavy atom. The third kappa shape index (κ3) is 3.25. The Morgan fingerprint density at radius 2 is 2.22 bits per heavy atom. The van der Waals surface area contributed by atoms with E-state index in [1.165, 1.54) is 9.75 Å². The fourth-order valence-corrected chi connectivity index (χ4v) is 4.63. The molecule has 23 heavy (non-hydrogen) atoms. The van der Waals surface area contributed by atoms with Crippen LogP contribution >= 0.6 is 11.3 Å². The average Bonchev–Trinajstić information content (AvgIpc) is 2.98. The maximum atomic E-state index is 12.3. The molecule has 2 aliphatic rings. The molecule has 2 N–H and O–H groups in total. The van der Waals surface area contributed by atoms with Crippen LogP contribution in [0.5, 0.6) is 0 Å². The van der Waals surface area contributed by atoms with E-state index in [0.29, 0.717) is 26.2 Å². The summed E-state index contributed by atoms with van der Waals surface area (Å²) in [6.45, 7) is 6.71. The van der Waals surface area contributed by atoms with Gasteiger partial charge in [-0.05, 0) is 38.8 Å². The number of carbonyl (C=O) groups excluding carboxylic acids is 1. The van der Waals surface area contributed by atoms with E-state index >= 15 is 0 Å². The summed E-state index contributed by atoms with van der Waals surface area (Å²) in [4.78, 5) is 16.6. The Balaban J connectivity index is 1.49. The van der Waals surface area contributed by atoms with Crippen LogP contribution in [-0.4, -0.2) is 47.9 Å². The highest BCUT2D eigenvalue weighted by Crippen LogP contribution is 2.50. The van der Waals surface area contributed by atoms with Crippen molar-refractivity contribution in [2.45, 2.75) is 51.9 Å². The monoisotopic (exact) mass is 338 g/mol. The molecule has 1 spiro atoms. The minimum absolute atomic E-state index is 0.00678. The number of hydrogen-bond acceptors (Lipinski definition) is 4. The normalized spacial score (nSPS) is 26.1.